The number of hydrogen-bond acceptors (Lipinski definition) is 1. The summed E-state index contributed by atoms with van der Waals surface area (Å²) < 4.78 is 2.54. The predicted molar refractivity (Wildman–Crippen MR) is 305 cm³/mol. The summed E-state index contributed by atoms with van der Waals surface area (Å²) in [5, 5.41) is 10.1. The van der Waals surface area contributed by atoms with E-state index in [4.69, 9.17) is 0 Å². The van der Waals surface area contributed by atoms with Crippen molar-refractivity contribution in [2.45, 2.75) is 105 Å². The molecule has 0 unspecified atom stereocenters. The average Bonchev–Trinajstić information content (AvgIpc) is 3.66. The number of hydrogen-bond donors (Lipinski definition) is 0. The van der Waals surface area contributed by atoms with Crippen molar-refractivity contribution < 1.29 is 0 Å². The lowest BCUT2D eigenvalue weighted by Crippen LogP contribution is -2.20. The molecule has 0 aliphatic rings. The van der Waals surface area contributed by atoms with Crippen LogP contribution >= 0.6 is 0 Å². The molecule has 1 heterocycles. The second kappa shape index (κ2) is 16.2. The van der Waals surface area contributed by atoms with E-state index in [2.05, 4.69) is 275 Å². The maximum absolute atomic E-state index is 2.61. The SMILES string of the molecule is CC(C)(C)c1cc(N(c2c(-c3ccccc3)cccc2-c2ccccc2)c2ccc3ccc4c(-n5c6ccc(C(C)(C)C)cc6c6cc(C(C)(C)C)ccc65)ccc5ccc2c3c54)cc(C(C)(C)C)c1. The lowest BCUT2D eigenvalue weighted by molar-refractivity contribution is 0.569. The molecule has 0 aliphatic heterocycles. The predicted octanol–water partition coefficient (Wildman–Crippen LogP) is 19.7. The fraction of sp³-hybridized carbons (Fsp3) is 0.235. The first-order valence-electron chi connectivity index (χ1n) is 25.3. The Morgan fingerprint density at radius 2 is 0.786 bits per heavy atom. The molecule has 0 aliphatic carbocycles. The van der Waals surface area contributed by atoms with Gasteiger partial charge in [-0.25, -0.2) is 0 Å². The average molecular weight is 911 g/mol. The van der Waals surface area contributed by atoms with Gasteiger partial charge in [0.25, 0.3) is 0 Å². The van der Waals surface area contributed by atoms with Gasteiger partial charge in [0.05, 0.1) is 28.1 Å². The third-order valence-electron chi connectivity index (χ3n) is 14.9. The largest absolute Gasteiger partial charge is 0.309 e. The first-order chi connectivity index (χ1) is 33.3. The lowest BCUT2D eigenvalue weighted by Gasteiger charge is -2.34. The van der Waals surface area contributed by atoms with Gasteiger partial charge in [0.15, 0.2) is 0 Å². The van der Waals surface area contributed by atoms with E-state index in [0.717, 1.165) is 17.1 Å². The fourth-order valence-electron chi connectivity index (χ4n) is 10.9. The quantitative estimate of drug-likeness (QED) is 0.151. The zero-order valence-corrected chi connectivity index (χ0v) is 43.2. The molecule has 0 N–H and O–H groups in total. The summed E-state index contributed by atoms with van der Waals surface area (Å²) in [5.41, 5.74) is 17.1. The van der Waals surface area contributed by atoms with Crippen molar-refractivity contribution in [1.82, 2.24) is 4.57 Å². The summed E-state index contributed by atoms with van der Waals surface area (Å²) in [7, 11) is 0. The highest BCUT2D eigenvalue weighted by Crippen LogP contribution is 2.52. The van der Waals surface area contributed by atoms with Crippen molar-refractivity contribution in [1.29, 1.82) is 0 Å². The first-order valence-corrected chi connectivity index (χ1v) is 25.3. The van der Waals surface area contributed by atoms with Gasteiger partial charge in [-0.3, -0.25) is 0 Å². The molecule has 348 valence electrons. The Bertz CT molecular complexity index is 3620. The molecule has 0 bridgehead atoms. The topological polar surface area (TPSA) is 8.17 Å². The highest BCUT2D eigenvalue weighted by atomic mass is 15.1. The molecule has 11 rings (SSSR count). The van der Waals surface area contributed by atoms with Crippen molar-refractivity contribution in [3.8, 4) is 27.9 Å². The van der Waals surface area contributed by atoms with Crippen molar-refractivity contribution in [2.75, 3.05) is 4.90 Å². The zero-order valence-electron chi connectivity index (χ0n) is 43.2. The molecule has 70 heavy (non-hydrogen) atoms. The van der Waals surface area contributed by atoms with Crippen LogP contribution < -0.4 is 4.90 Å². The fourth-order valence-corrected chi connectivity index (χ4v) is 10.9. The van der Waals surface area contributed by atoms with Crippen LogP contribution in [0.2, 0.25) is 0 Å². The van der Waals surface area contributed by atoms with E-state index in [1.54, 1.807) is 0 Å². The highest BCUT2D eigenvalue weighted by Gasteiger charge is 2.29. The van der Waals surface area contributed by atoms with Gasteiger partial charge in [-0.2, -0.15) is 0 Å². The van der Waals surface area contributed by atoms with Gasteiger partial charge < -0.3 is 9.47 Å². The molecule has 0 fully saturated rings. The number of benzene rings is 10. The van der Waals surface area contributed by atoms with Gasteiger partial charge in [0.1, 0.15) is 0 Å². The van der Waals surface area contributed by atoms with E-state index in [1.807, 2.05) is 0 Å². The second-order valence-corrected chi connectivity index (χ2v) is 23.9. The molecule has 1 aromatic heterocycles. The number of para-hydroxylation sites is 1. The number of anilines is 3. The van der Waals surface area contributed by atoms with E-state index >= 15 is 0 Å². The van der Waals surface area contributed by atoms with Crippen molar-refractivity contribution in [2.24, 2.45) is 0 Å². The van der Waals surface area contributed by atoms with Gasteiger partial charge in [0, 0.05) is 38.4 Å². The van der Waals surface area contributed by atoms with Gasteiger partial charge in [-0.15, -0.1) is 0 Å². The molecule has 0 saturated heterocycles. The summed E-state index contributed by atoms with van der Waals surface area (Å²) in [4.78, 5) is 2.61. The Hall–Kier alpha value is -7.16. The number of fused-ring (bicyclic) bond motifs is 3. The van der Waals surface area contributed by atoms with Crippen LogP contribution in [0.1, 0.15) is 105 Å². The molecular weight excluding hydrogens is 845 g/mol. The molecule has 0 amide bonds. The lowest BCUT2D eigenvalue weighted by atomic mass is 9.80. The van der Waals surface area contributed by atoms with Gasteiger partial charge in [-0.1, -0.05) is 217 Å². The van der Waals surface area contributed by atoms with Crippen molar-refractivity contribution in [3.63, 3.8) is 0 Å². The van der Waals surface area contributed by atoms with Gasteiger partial charge in [-0.05, 0) is 125 Å². The van der Waals surface area contributed by atoms with Crippen LogP contribution in [-0.2, 0) is 21.7 Å². The maximum Gasteiger partial charge on any atom is 0.0618 e. The zero-order chi connectivity index (χ0) is 49.1. The van der Waals surface area contributed by atoms with Crippen LogP contribution in [0.5, 0.6) is 0 Å². The van der Waals surface area contributed by atoms with Crippen molar-refractivity contribution in [3.05, 3.63) is 204 Å². The summed E-state index contributed by atoms with van der Waals surface area (Å²) in [6, 6.07) is 69.4. The van der Waals surface area contributed by atoms with Crippen LogP contribution in [0.25, 0.3) is 82.1 Å². The molecule has 0 atom stereocenters. The third kappa shape index (κ3) is 7.64. The molecule has 0 radical (unpaired) electrons. The van der Waals surface area contributed by atoms with Crippen LogP contribution in [0.4, 0.5) is 17.1 Å². The van der Waals surface area contributed by atoms with Crippen LogP contribution in [-0.4, -0.2) is 4.57 Å². The van der Waals surface area contributed by atoms with Crippen LogP contribution in [0.15, 0.2) is 182 Å². The summed E-state index contributed by atoms with van der Waals surface area (Å²) in [6.45, 7) is 28.0. The molecule has 0 saturated carbocycles. The van der Waals surface area contributed by atoms with E-state index in [-0.39, 0.29) is 21.7 Å². The number of nitrogens with zero attached hydrogens (tertiary/aromatic N) is 2. The van der Waals surface area contributed by atoms with E-state index < -0.39 is 0 Å². The Morgan fingerprint density at radius 1 is 0.343 bits per heavy atom. The minimum absolute atomic E-state index is 0.0225. The third-order valence-corrected chi connectivity index (χ3v) is 14.9. The normalized spacial score (nSPS) is 12.9. The molecule has 11 aromatic rings. The molecule has 2 nitrogen and oxygen atoms in total. The standard InChI is InChI=1S/C68H66N2/c1-65(2,3)47-30-36-60-56(41-47)57-42-48(66(4,5)6)31-37-61(57)70(60)59-35-29-46-26-32-54-58(34-28-45-27-33-55(59)63(46)62(45)54)69(51-39-49(67(7,8)9)38-50(40-51)68(10,11)12)64-52(43-20-15-13-16-21-43)24-19-25-53(64)44-22-17-14-18-23-44/h13-42H,1-12H3. The summed E-state index contributed by atoms with van der Waals surface area (Å²) in [6.07, 6.45) is 0. The van der Waals surface area contributed by atoms with E-state index in [9.17, 15) is 0 Å². The highest BCUT2D eigenvalue weighted by molar-refractivity contribution is 6.28. The Kier molecular flexibility index (Phi) is 10.5. The Balaban J connectivity index is 1.25. The minimum Gasteiger partial charge on any atom is -0.309 e. The van der Waals surface area contributed by atoms with E-state index in [0.29, 0.717) is 0 Å². The van der Waals surface area contributed by atoms with Gasteiger partial charge >= 0.3 is 0 Å². The smallest absolute Gasteiger partial charge is 0.0618 e. The van der Waals surface area contributed by atoms with Gasteiger partial charge in [0.2, 0.25) is 0 Å². The monoisotopic (exact) mass is 911 g/mol. The van der Waals surface area contributed by atoms with E-state index in [1.165, 1.54) is 104 Å². The Labute approximate surface area is 415 Å². The van der Waals surface area contributed by atoms with Crippen molar-refractivity contribution >= 4 is 71.2 Å². The van der Waals surface area contributed by atoms with Crippen LogP contribution in [0, 0.1) is 0 Å². The minimum atomic E-state index is -0.0859. The molecule has 0 spiro atoms. The summed E-state index contributed by atoms with van der Waals surface area (Å²) >= 11 is 0. The maximum atomic E-state index is 2.61. The molecule has 10 aromatic carbocycles. The number of rotatable bonds is 6. The molecule has 2 heteroatoms. The van der Waals surface area contributed by atoms with Crippen LogP contribution in [0.3, 0.4) is 0 Å². The first kappa shape index (κ1) is 45.3. The summed E-state index contributed by atoms with van der Waals surface area (Å²) in [5.74, 6) is 0. The molecular formula is C68H66N2. The Morgan fingerprint density at radius 3 is 1.27 bits per heavy atom. The second-order valence-electron chi connectivity index (χ2n) is 23.9. The number of aromatic nitrogens is 1.